The summed E-state index contributed by atoms with van der Waals surface area (Å²) in [6.45, 7) is 6.21. The van der Waals surface area contributed by atoms with Crippen LogP contribution in [0.2, 0.25) is 0 Å². The van der Waals surface area contributed by atoms with Gasteiger partial charge in [0.15, 0.2) is 0 Å². The molecule has 0 atom stereocenters. The summed E-state index contributed by atoms with van der Waals surface area (Å²) in [4.78, 5) is 4.61. The second-order valence-electron chi connectivity index (χ2n) is 9.74. The van der Waals surface area contributed by atoms with Crippen molar-refractivity contribution in [3.8, 4) is 11.5 Å². The van der Waals surface area contributed by atoms with E-state index in [-0.39, 0.29) is 11.0 Å². The first kappa shape index (κ1) is 16.9. The van der Waals surface area contributed by atoms with E-state index < -0.39 is 0 Å². The number of phenols is 1. The highest BCUT2D eigenvalue weighted by atomic mass is 16.5. The Morgan fingerprint density at radius 1 is 1.08 bits per heavy atom. The van der Waals surface area contributed by atoms with E-state index in [1.165, 1.54) is 38.5 Å². The van der Waals surface area contributed by atoms with Crippen molar-refractivity contribution >= 4 is 6.21 Å². The average Bonchev–Trinajstić information content (AvgIpc) is 2.51. The van der Waals surface area contributed by atoms with Crippen molar-refractivity contribution in [3.63, 3.8) is 0 Å². The zero-order valence-electron chi connectivity index (χ0n) is 16.0. The highest BCUT2D eigenvalue weighted by Crippen LogP contribution is 2.62. The Kier molecular flexibility index (Phi) is 3.90. The summed E-state index contributed by atoms with van der Waals surface area (Å²) >= 11 is 0. The number of aromatic hydroxyl groups is 1. The molecule has 3 nitrogen and oxygen atoms in total. The molecule has 4 aliphatic rings. The normalized spacial score (nSPS) is 34.0. The second-order valence-corrected chi connectivity index (χ2v) is 9.74. The van der Waals surface area contributed by atoms with Crippen molar-refractivity contribution in [1.82, 2.24) is 0 Å². The van der Waals surface area contributed by atoms with E-state index in [0.29, 0.717) is 5.75 Å². The van der Waals surface area contributed by atoms with Crippen LogP contribution in [0.4, 0.5) is 0 Å². The summed E-state index contributed by atoms with van der Waals surface area (Å²) in [6, 6.07) is 4.01. The van der Waals surface area contributed by atoms with Crippen molar-refractivity contribution < 1.29 is 9.84 Å². The molecule has 3 heteroatoms. The van der Waals surface area contributed by atoms with Crippen LogP contribution in [0.25, 0.3) is 0 Å². The van der Waals surface area contributed by atoms with Gasteiger partial charge in [-0.25, -0.2) is 0 Å². The third kappa shape index (κ3) is 3.07. The van der Waals surface area contributed by atoms with Crippen LogP contribution in [0, 0.1) is 17.8 Å². The number of phenolic OH excluding ortho intramolecular Hbond substituents is 1. The zero-order chi connectivity index (χ0) is 17.8. The Bertz CT molecular complexity index is 663. The molecular weight excluding hydrogens is 310 g/mol. The SMILES string of the molecule is COc1cc(C=NC(C)(C)C)c(O)c(C23CC4CC(CC(C4)C2)C3)c1. The van der Waals surface area contributed by atoms with E-state index in [9.17, 15) is 5.11 Å². The molecule has 4 fully saturated rings. The van der Waals surface area contributed by atoms with Crippen molar-refractivity contribution in [2.24, 2.45) is 22.7 Å². The second kappa shape index (κ2) is 5.75. The predicted octanol–water partition coefficient (Wildman–Crippen LogP) is 5.09. The van der Waals surface area contributed by atoms with Gasteiger partial charge in [0.05, 0.1) is 12.6 Å². The van der Waals surface area contributed by atoms with E-state index in [4.69, 9.17) is 4.74 Å². The summed E-state index contributed by atoms with van der Waals surface area (Å²) < 4.78 is 5.57. The molecule has 136 valence electrons. The van der Waals surface area contributed by atoms with Gasteiger partial charge in [-0.1, -0.05) is 0 Å². The lowest BCUT2D eigenvalue weighted by molar-refractivity contribution is -0.00622. The fraction of sp³-hybridized carbons (Fsp3) is 0.682. The monoisotopic (exact) mass is 341 g/mol. The molecule has 25 heavy (non-hydrogen) atoms. The molecule has 0 radical (unpaired) electrons. The maximum Gasteiger partial charge on any atom is 0.128 e. The molecule has 0 aliphatic heterocycles. The summed E-state index contributed by atoms with van der Waals surface area (Å²) in [6.07, 6.45) is 9.73. The third-order valence-corrected chi connectivity index (χ3v) is 6.55. The minimum atomic E-state index is -0.156. The Balaban J connectivity index is 1.78. The quantitative estimate of drug-likeness (QED) is 0.778. The van der Waals surface area contributed by atoms with Crippen molar-refractivity contribution in [3.05, 3.63) is 23.3 Å². The summed E-state index contributed by atoms with van der Waals surface area (Å²) in [5, 5.41) is 11.1. The van der Waals surface area contributed by atoms with E-state index in [2.05, 4.69) is 31.8 Å². The molecule has 0 saturated heterocycles. The Morgan fingerprint density at radius 3 is 2.12 bits per heavy atom. The van der Waals surface area contributed by atoms with Crippen LogP contribution in [0.3, 0.4) is 0 Å². The van der Waals surface area contributed by atoms with Crippen LogP contribution in [-0.2, 0) is 5.41 Å². The van der Waals surface area contributed by atoms with Crippen molar-refractivity contribution in [2.75, 3.05) is 7.11 Å². The highest BCUT2D eigenvalue weighted by molar-refractivity contribution is 5.85. The van der Waals surface area contributed by atoms with Gasteiger partial charge < -0.3 is 9.84 Å². The number of rotatable bonds is 3. The van der Waals surface area contributed by atoms with Gasteiger partial charge >= 0.3 is 0 Å². The van der Waals surface area contributed by atoms with E-state index in [0.717, 1.165) is 34.6 Å². The maximum atomic E-state index is 11.1. The number of hydrogen-bond acceptors (Lipinski definition) is 3. The molecule has 0 aromatic heterocycles. The first-order valence-electron chi connectivity index (χ1n) is 9.75. The van der Waals surface area contributed by atoms with Gasteiger partial charge in [-0.05, 0) is 94.6 Å². The lowest BCUT2D eigenvalue weighted by Crippen LogP contribution is -2.48. The summed E-state index contributed by atoms with van der Waals surface area (Å²) in [5.74, 6) is 3.81. The lowest BCUT2D eigenvalue weighted by Gasteiger charge is -2.57. The van der Waals surface area contributed by atoms with Crippen LogP contribution < -0.4 is 4.74 Å². The van der Waals surface area contributed by atoms with Gasteiger partial charge in [0.1, 0.15) is 11.5 Å². The number of nitrogens with zero attached hydrogens (tertiary/aromatic N) is 1. The van der Waals surface area contributed by atoms with Crippen LogP contribution >= 0.6 is 0 Å². The smallest absolute Gasteiger partial charge is 0.128 e. The number of benzene rings is 1. The molecule has 0 unspecified atom stereocenters. The van der Waals surface area contributed by atoms with Crippen molar-refractivity contribution in [1.29, 1.82) is 0 Å². The fourth-order valence-corrected chi connectivity index (χ4v) is 5.95. The minimum Gasteiger partial charge on any atom is -0.507 e. The topological polar surface area (TPSA) is 41.8 Å². The standard InChI is InChI=1S/C22H31NO2/c1-21(2,3)23-13-17-8-18(25-4)9-19(20(17)24)22-10-14-5-15(11-22)7-16(6-14)12-22/h8-9,13-16,24H,5-7,10-12H2,1-4H3. The van der Waals surface area contributed by atoms with E-state index in [1.807, 2.05) is 12.3 Å². The summed E-state index contributed by atoms with van der Waals surface area (Å²) in [7, 11) is 1.71. The van der Waals surface area contributed by atoms with E-state index >= 15 is 0 Å². The molecule has 4 saturated carbocycles. The number of aliphatic imine (C=N–C) groups is 1. The number of hydrogen-bond donors (Lipinski definition) is 1. The largest absolute Gasteiger partial charge is 0.507 e. The molecule has 1 N–H and O–H groups in total. The first-order valence-corrected chi connectivity index (χ1v) is 9.75. The van der Waals surface area contributed by atoms with Gasteiger partial charge in [0.25, 0.3) is 0 Å². The molecule has 0 spiro atoms. The molecule has 4 bridgehead atoms. The first-order chi connectivity index (χ1) is 11.8. The van der Waals surface area contributed by atoms with Gasteiger partial charge in [-0.3, -0.25) is 4.99 Å². The molecule has 0 amide bonds. The number of ether oxygens (including phenoxy) is 1. The predicted molar refractivity (Wildman–Crippen MR) is 102 cm³/mol. The van der Waals surface area contributed by atoms with Crippen molar-refractivity contribution in [2.45, 2.75) is 70.3 Å². The maximum absolute atomic E-state index is 11.1. The molecular formula is C22H31NO2. The highest BCUT2D eigenvalue weighted by Gasteiger charge is 2.52. The molecule has 5 rings (SSSR count). The van der Waals surface area contributed by atoms with Gasteiger partial charge in [-0.15, -0.1) is 0 Å². The summed E-state index contributed by atoms with van der Waals surface area (Å²) in [5.41, 5.74) is 1.90. The van der Waals surface area contributed by atoms with Gasteiger partial charge in [0.2, 0.25) is 0 Å². The van der Waals surface area contributed by atoms with E-state index in [1.54, 1.807) is 7.11 Å². The van der Waals surface area contributed by atoms with Crippen LogP contribution in [0.15, 0.2) is 17.1 Å². The van der Waals surface area contributed by atoms with Gasteiger partial charge in [0, 0.05) is 17.3 Å². The van der Waals surface area contributed by atoms with Crippen LogP contribution in [-0.4, -0.2) is 24.0 Å². The Labute approximate surface area is 151 Å². The Hall–Kier alpha value is -1.51. The molecule has 4 aliphatic carbocycles. The third-order valence-electron chi connectivity index (χ3n) is 6.55. The minimum absolute atomic E-state index is 0.150. The van der Waals surface area contributed by atoms with Crippen LogP contribution in [0.5, 0.6) is 11.5 Å². The fourth-order valence-electron chi connectivity index (χ4n) is 5.95. The number of methoxy groups -OCH3 is 1. The Morgan fingerprint density at radius 2 is 1.64 bits per heavy atom. The molecule has 1 aromatic rings. The zero-order valence-corrected chi connectivity index (χ0v) is 16.0. The van der Waals surface area contributed by atoms with Crippen LogP contribution in [0.1, 0.15) is 70.4 Å². The lowest BCUT2D eigenvalue weighted by atomic mass is 9.48. The average molecular weight is 341 g/mol. The van der Waals surface area contributed by atoms with Gasteiger partial charge in [-0.2, -0.15) is 0 Å². The molecule has 0 heterocycles. The molecule has 1 aromatic carbocycles.